The van der Waals surface area contributed by atoms with Crippen LogP contribution in [0.15, 0.2) is 52.5 Å². The number of hydrogen-bond acceptors (Lipinski definition) is 4. The molecule has 2 aromatic carbocycles. The average Bonchev–Trinajstić information content (AvgIpc) is 2.56. The van der Waals surface area contributed by atoms with Gasteiger partial charge in [-0.15, -0.1) is 0 Å². The van der Waals surface area contributed by atoms with E-state index in [0.29, 0.717) is 15.7 Å². The molecule has 2 amide bonds. The van der Waals surface area contributed by atoms with Gasteiger partial charge < -0.3 is 5.11 Å². The van der Waals surface area contributed by atoms with Crippen molar-refractivity contribution in [2.75, 3.05) is 4.90 Å². The highest BCUT2D eigenvalue weighted by molar-refractivity contribution is 9.10. The lowest BCUT2D eigenvalue weighted by Gasteiger charge is -2.29. The Labute approximate surface area is 158 Å². The van der Waals surface area contributed by atoms with Crippen LogP contribution < -0.4 is 10.2 Å². The smallest absolute Gasteiger partial charge is 0.270 e. The van der Waals surface area contributed by atoms with Gasteiger partial charge in [-0.3, -0.25) is 19.8 Å². The molecule has 0 atom stereocenters. The normalized spacial score (nSPS) is 16.3. The zero-order chi connectivity index (χ0) is 18.1. The lowest BCUT2D eigenvalue weighted by molar-refractivity contribution is -0.122. The van der Waals surface area contributed by atoms with E-state index in [2.05, 4.69) is 21.2 Å². The van der Waals surface area contributed by atoms with Crippen LogP contribution in [0.4, 0.5) is 5.69 Å². The van der Waals surface area contributed by atoms with Crippen molar-refractivity contribution in [3.8, 4) is 5.75 Å². The van der Waals surface area contributed by atoms with E-state index in [1.54, 1.807) is 24.3 Å². The number of carbonyl (C=O) groups is 2. The van der Waals surface area contributed by atoms with Crippen LogP contribution in [0.5, 0.6) is 5.75 Å². The number of rotatable bonds is 2. The van der Waals surface area contributed by atoms with E-state index in [-0.39, 0.29) is 16.4 Å². The van der Waals surface area contributed by atoms with Crippen molar-refractivity contribution in [3.05, 3.63) is 63.6 Å². The fourth-order valence-electron chi connectivity index (χ4n) is 2.38. The van der Waals surface area contributed by atoms with Crippen molar-refractivity contribution in [1.82, 2.24) is 5.32 Å². The molecule has 1 saturated heterocycles. The molecule has 0 spiro atoms. The van der Waals surface area contributed by atoms with Crippen molar-refractivity contribution >= 4 is 56.8 Å². The van der Waals surface area contributed by atoms with Crippen molar-refractivity contribution in [1.29, 1.82) is 0 Å². The predicted octanol–water partition coefficient (Wildman–Crippen LogP) is 3.29. The first-order valence-electron chi connectivity index (χ1n) is 7.33. The molecule has 7 heteroatoms. The third-order valence-corrected chi connectivity index (χ3v) is 4.46. The first kappa shape index (κ1) is 17.3. The summed E-state index contributed by atoms with van der Waals surface area (Å²) in [4.78, 5) is 26.3. The van der Waals surface area contributed by atoms with Crippen molar-refractivity contribution < 1.29 is 14.7 Å². The first-order valence-corrected chi connectivity index (χ1v) is 8.53. The Hall–Kier alpha value is -2.51. The fraction of sp³-hybridized carbons (Fsp3) is 0.0556. The van der Waals surface area contributed by atoms with Gasteiger partial charge in [0.25, 0.3) is 11.8 Å². The van der Waals surface area contributed by atoms with Gasteiger partial charge in [-0.2, -0.15) is 0 Å². The van der Waals surface area contributed by atoms with Gasteiger partial charge in [0.1, 0.15) is 11.3 Å². The summed E-state index contributed by atoms with van der Waals surface area (Å²) in [5, 5.41) is 12.5. The Morgan fingerprint density at radius 2 is 1.84 bits per heavy atom. The van der Waals surface area contributed by atoms with Crippen molar-refractivity contribution in [3.63, 3.8) is 0 Å². The number of amides is 2. The monoisotopic (exact) mass is 416 g/mol. The Bertz CT molecular complexity index is 922. The lowest BCUT2D eigenvalue weighted by atomic mass is 10.1. The largest absolute Gasteiger partial charge is 0.507 e. The van der Waals surface area contributed by atoms with Gasteiger partial charge in [0.2, 0.25) is 0 Å². The predicted molar refractivity (Wildman–Crippen MR) is 103 cm³/mol. The van der Waals surface area contributed by atoms with E-state index in [1.165, 1.54) is 17.0 Å². The molecule has 0 bridgehead atoms. The van der Waals surface area contributed by atoms with E-state index in [1.807, 2.05) is 19.1 Å². The maximum atomic E-state index is 12.8. The maximum absolute atomic E-state index is 12.8. The van der Waals surface area contributed by atoms with Crippen LogP contribution in [-0.2, 0) is 9.59 Å². The van der Waals surface area contributed by atoms with Gasteiger partial charge in [0, 0.05) is 10.0 Å². The Morgan fingerprint density at radius 3 is 2.52 bits per heavy atom. The Kier molecular flexibility index (Phi) is 4.69. The molecular weight excluding hydrogens is 404 g/mol. The number of benzene rings is 2. The number of halogens is 1. The highest BCUT2D eigenvalue weighted by Crippen LogP contribution is 2.27. The molecule has 126 valence electrons. The summed E-state index contributed by atoms with van der Waals surface area (Å²) < 4.78 is 0.715. The van der Waals surface area contributed by atoms with Crippen LogP contribution in [0.1, 0.15) is 11.1 Å². The molecule has 5 nitrogen and oxygen atoms in total. The second-order valence-electron chi connectivity index (χ2n) is 5.50. The van der Waals surface area contributed by atoms with Gasteiger partial charge in [0.05, 0.1) is 5.69 Å². The maximum Gasteiger partial charge on any atom is 0.270 e. The molecule has 0 aliphatic carbocycles. The summed E-state index contributed by atoms with van der Waals surface area (Å²) in [7, 11) is 0. The molecule has 2 aromatic rings. The topological polar surface area (TPSA) is 69.6 Å². The van der Waals surface area contributed by atoms with Gasteiger partial charge in [-0.05, 0) is 55.5 Å². The summed E-state index contributed by atoms with van der Waals surface area (Å²) in [6.07, 6.45) is 1.35. The number of phenols is 1. The second kappa shape index (κ2) is 6.78. The number of anilines is 1. The van der Waals surface area contributed by atoms with Crippen molar-refractivity contribution in [2.45, 2.75) is 6.92 Å². The number of thiocarbonyl (C=S) groups is 1. The van der Waals surface area contributed by atoms with Gasteiger partial charge in [-0.25, -0.2) is 0 Å². The quantitative estimate of drug-likeness (QED) is 0.447. The van der Waals surface area contributed by atoms with Crippen LogP contribution in [0.3, 0.4) is 0 Å². The average molecular weight is 417 g/mol. The number of phenolic OH excluding ortho intramolecular Hbond substituents is 1. The van der Waals surface area contributed by atoms with Crippen LogP contribution in [0, 0.1) is 6.92 Å². The Morgan fingerprint density at radius 1 is 1.16 bits per heavy atom. The minimum Gasteiger partial charge on any atom is -0.507 e. The molecule has 0 aromatic heterocycles. The minimum absolute atomic E-state index is 0.0227. The second-order valence-corrected chi connectivity index (χ2v) is 6.80. The number of hydrogen-bond donors (Lipinski definition) is 2. The molecule has 0 saturated carbocycles. The summed E-state index contributed by atoms with van der Waals surface area (Å²) in [6, 6.07) is 12.0. The van der Waals surface area contributed by atoms with Crippen LogP contribution in [0.25, 0.3) is 6.08 Å². The number of aromatic hydroxyl groups is 1. The molecule has 1 aliphatic rings. The van der Waals surface area contributed by atoms with E-state index < -0.39 is 11.8 Å². The molecular formula is C18H13BrN2O3S. The molecule has 0 radical (unpaired) electrons. The molecule has 2 N–H and O–H groups in total. The molecule has 25 heavy (non-hydrogen) atoms. The number of nitrogens with zero attached hydrogens (tertiary/aromatic N) is 1. The van der Waals surface area contributed by atoms with Gasteiger partial charge >= 0.3 is 0 Å². The molecule has 0 unspecified atom stereocenters. The zero-order valence-electron chi connectivity index (χ0n) is 13.1. The van der Waals surface area contributed by atoms with Crippen LogP contribution >= 0.6 is 28.1 Å². The summed E-state index contributed by atoms with van der Waals surface area (Å²) in [5.41, 5.74) is 1.84. The summed E-state index contributed by atoms with van der Waals surface area (Å²) in [5.74, 6) is -1.18. The fourth-order valence-corrected chi connectivity index (χ4v) is 3.04. The van der Waals surface area contributed by atoms with Gasteiger partial charge in [-0.1, -0.05) is 33.6 Å². The number of carbonyl (C=O) groups excluding carboxylic acids is 2. The standard InChI is InChI=1S/C18H13BrN2O3S/c1-10-2-5-13(6-3-10)21-17(24)14(16(23)20-18(21)25)9-11-8-12(19)4-7-15(11)22/h2-9,22H,1H3,(H,20,23,25). The van der Waals surface area contributed by atoms with Crippen molar-refractivity contribution in [2.24, 2.45) is 0 Å². The van der Waals surface area contributed by atoms with E-state index in [0.717, 1.165) is 5.56 Å². The third kappa shape index (κ3) is 3.47. The SMILES string of the molecule is Cc1ccc(N2C(=O)C(=Cc3cc(Br)ccc3O)C(=O)NC2=S)cc1. The molecule has 1 heterocycles. The first-order chi connectivity index (χ1) is 11.9. The number of nitrogens with one attached hydrogen (secondary N) is 1. The molecule has 1 fully saturated rings. The van der Waals surface area contributed by atoms with E-state index >= 15 is 0 Å². The Balaban J connectivity index is 2.05. The third-order valence-electron chi connectivity index (χ3n) is 3.68. The lowest BCUT2D eigenvalue weighted by Crippen LogP contribution is -2.54. The van der Waals surface area contributed by atoms with Crippen LogP contribution in [0.2, 0.25) is 0 Å². The van der Waals surface area contributed by atoms with E-state index in [9.17, 15) is 14.7 Å². The highest BCUT2D eigenvalue weighted by atomic mass is 79.9. The highest BCUT2D eigenvalue weighted by Gasteiger charge is 2.34. The van der Waals surface area contributed by atoms with E-state index in [4.69, 9.17) is 12.2 Å². The summed E-state index contributed by atoms with van der Waals surface area (Å²) >= 11 is 8.45. The molecule has 1 aliphatic heterocycles. The van der Waals surface area contributed by atoms with Gasteiger partial charge in [0.15, 0.2) is 5.11 Å². The minimum atomic E-state index is -0.599. The summed E-state index contributed by atoms with van der Waals surface area (Å²) in [6.45, 7) is 1.93. The molecule has 3 rings (SSSR count). The van der Waals surface area contributed by atoms with Crippen LogP contribution in [-0.4, -0.2) is 22.0 Å². The zero-order valence-corrected chi connectivity index (χ0v) is 15.5. The number of aryl methyl sites for hydroxylation is 1.